The number of hydrogen-bond donors (Lipinski definition) is 0. The highest BCUT2D eigenvalue weighted by atomic mass is 35.5. The number of ether oxygens (including phenoxy) is 1. The van der Waals surface area contributed by atoms with Gasteiger partial charge in [-0.3, -0.25) is 0 Å². The van der Waals surface area contributed by atoms with Crippen LogP contribution in [0.2, 0.25) is 5.02 Å². The van der Waals surface area contributed by atoms with Crippen LogP contribution in [0.3, 0.4) is 0 Å². The molecule has 1 rings (SSSR count). The Morgan fingerprint density at radius 2 is 2.00 bits per heavy atom. The predicted octanol–water partition coefficient (Wildman–Crippen LogP) is 4.44. The fourth-order valence-electron chi connectivity index (χ4n) is 1.28. The molecular weight excluding hydrogens is 231 g/mol. The first-order valence-electron chi connectivity index (χ1n) is 5.19. The minimum Gasteiger partial charge on any atom is -0.492 e. The van der Waals surface area contributed by atoms with E-state index in [0.29, 0.717) is 11.6 Å². The summed E-state index contributed by atoms with van der Waals surface area (Å²) in [5.41, 5.74) is 1.16. The molecule has 0 radical (unpaired) electrons. The Morgan fingerprint density at radius 3 is 2.73 bits per heavy atom. The van der Waals surface area contributed by atoms with Crippen molar-refractivity contribution >= 4 is 23.2 Å². The Hall–Kier alpha value is -0.400. The molecular formula is C12H16Cl2O. The molecule has 1 aromatic carbocycles. The summed E-state index contributed by atoms with van der Waals surface area (Å²) >= 11 is 11.6. The van der Waals surface area contributed by atoms with Crippen LogP contribution in [0.1, 0.15) is 24.8 Å². The number of halogens is 2. The summed E-state index contributed by atoms with van der Waals surface area (Å²) < 4.78 is 5.59. The summed E-state index contributed by atoms with van der Waals surface area (Å²) in [7, 11) is 0. The van der Waals surface area contributed by atoms with E-state index in [1.54, 1.807) is 0 Å². The van der Waals surface area contributed by atoms with Gasteiger partial charge in [-0.05, 0) is 43.9 Å². The lowest BCUT2D eigenvalue weighted by atomic mass is 10.2. The molecule has 0 bridgehead atoms. The van der Waals surface area contributed by atoms with E-state index in [2.05, 4.69) is 0 Å². The quantitative estimate of drug-likeness (QED) is 0.533. The van der Waals surface area contributed by atoms with Gasteiger partial charge in [-0.1, -0.05) is 17.7 Å². The van der Waals surface area contributed by atoms with Crippen LogP contribution in [0.4, 0.5) is 0 Å². The van der Waals surface area contributed by atoms with Gasteiger partial charge in [-0.25, -0.2) is 0 Å². The topological polar surface area (TPSA) is 9.23 Å². The van der Waals surface area contributed by atoms with Crippen molar-refractivity contribution in [2.24, 2.45) is 0 Å². The maximum atomic E-state index is 5.99. The molecule has 0 aliphatic carbocycles. The van der Waals surface area contributed by atoms with Crippen LogP contribution in [-0.2, 0) is 0 Å². The van der Waals surface area contributed by atoms with Gasteiger partial charge < -0.3 is 4.74 Å². The summed E-state index contributed by atoms with van der Waals surface area (Å²) in [6.07, 6.45) is 3.18. The van der Waals surface area contributed by atoms with E-state index in [1.165, 1.54) is 0 Å². The van der Waals surface area contributed by atoms with E-state index in [0.717, 1.165) is 36.5 Å². The number of rotatable bonds is 6. The molecule has 0 aromatic heterocycles. The second-order valence-electron chi connectivity index (χ2n) is 3.53. The Morgan fingerprint density at radius 1 is 1.20 bits per heavy atom. The molecule has 0 heterocycles. The number of benzene rings is 1. The van der Waals surface area contributed by atoms with E-state index < -0.39 is 0 Å². The lowest BCUT2D eigenvalue weighted by molar-refractivity contribution is 0.306. The molecule has 1 aromatic rings. The van der Waals surface area contributed by atoms with Crippen LogP contribution in [0.5, 0.6) is 5.75 Å². The number of aryl methyl sites for hydroxylation is 1. The molecule has 0 saturated carbocycles. The Labute approximate surface area is 101 Å². The molecule has 0 amide bonds. The van der Waals surface area contributed by atoms with E-state index in [-0.39, 0.29) is 0 Å². The third kappa shape index (κ3) is 4.76. The average Bonchev–Trinajstić information content (AvgIpc) is 2.23. The van der Waals surface area contributed by atoms with Crippen molar-refractivity contribution in [2.75, 3.05) is 12.5 Å². The van der Waals surface area contributed by atoms with Gasteiger partial charge in [-0.15, -0.1) is 11.6 Å². The maximum Gasteiger partial charge on any atom is 0.138 e. The van der Waals surface area contributed by atoms with Crippen LogP contribution < -0.4 is 4.74 Å². The number of hydrogen-bond acceptors (Lipinski definition) is 1. The third-order valence-corrected chi connectivity index (χ3v) is 2.70. The third-order valence-electron chi connectivity index (χ3n) is 2.12. The van der Waals surface area contributed by atoms with Crippen molar-refractivity contribution in [3.63, 3.8) is 0 Å². The van der Waals surface area contributed by atoms with Crippen molar-refractivity contribution in [3.05, 3.63) is 28.8 Å². The molecule has 84 valence electrons. The first kappa shape index (κ1) is 12.7. The van der Waals surface area contributed by atoms with Gasteiger partial charge in [0.15, 0.2) is 0 Å². The van der Waals surface area contributed by atoms with Crippen molar-refractivity contribution in [3.8, 4) is 5.75 Å². The van der Waals surface area contributed by atoms with Gasteiger partial charge in [0.2, 0.25) is 0 Å². The molecule has 0 unspecified atom stereocenters. The predicted molar refractivity (Wildman–Crippen MR) is 66.3 cm³/mol. The van der Waals surface area contributed by atoms with Gasteiger partial charge in [0.1, 0.15) is 5.75 Å². The minimum absolute atomic E-state index is 0.679. The molecule has 3 heteroatoms. The number of unbranched alkanes of at least 4 members (excludes halogenated alkanes) is 2. The fourth-order valence-corrected chi connectivity index (χ4v) is 1.64. The second-order valence-corrected chi connectivity index (χ2v) is 4.32. The highest BCUT2D eigenvalue weighted by Gasteiger charge is 2.00. The first-order valence-corrected chi connectivity index (χ1v) is 6.10. The van der Waals surface area contributed by atoms with Gasteiger partial charge in [-0.2, -0.15) is 0 Å². The van der Waals surface area contributed by atoms with E-state index in [4.69, 9.17) is 27.9 Å². The molecule has 0 aliphatic heterocycles. The Kier molecular flexibility index (Phi) is 5.89. The molecule has 0 N–H and O–H groups in total. The monoisotopic (exact) mass is 246 g/mol. The molecule has 0 spiro atoms. The standard InChI is InChI=1S/C12H16Cl2O/c1-10-5-6-11(14)12(9-10)15-8-4-2-3-7-13/h5-6,9H,2-4,7-8H2,1H3. The molecule has 0 saturated heterocycles. The zero-order chi connectivity index (χ0) is 11.1. The number of alkyl halides is 1. The van der Waals surface area contributed by atoms with Crippen molar-refractivity contribution in [1.82, 2.24) is 0 Å². The van der Waals surface area contributed by atoms with Crippen LogP contribution in [0.15, 0.2) is 18.2 Å². The fraction of sp³-hybridized carbons (Fsp3) is 0.500. The van der Waals surface area contributed by atoms with Gasteiger partial charge in [0, 0.05) is 5.88 Å². The largest absolute Gasteiger partial charge is 0.492 e. The average molecular weight is 247 g/mol. The van der Waals surface area contributed by atoms with Crippen molar-refractivity contribution in [1.29, 1.82) is 0 Å². The lowest BCUT2D eigenvalue weighted by Crippen LogP contribution is -1.98. The summed E-state index contributed by atoms with van der Waals surface area (Å²) in [6, 6.07) is 5.80. The summed E-state index contributed by atoms with van der Waals surface area (Å²) in [6.45, 7) is 2.73. The Bertz CT molecular complexity index is 300. The van der Waals surface area contributed by atoms with Crippen molar-refractivity contribution in [2.45, 2.75) is 26.2 Å². The summed E-state index contributed by atoms with van der Waals surface area (Å²) in [4.78, 5) is 0. The van der Waals surface area contributed by atoms with Crippen LogP contribution in [0.25, 0.3) is 0 Å². The molecule has 1 nitrogen and oxygen atoms in total. The SMILES string of the molecule is Cc1ccc(Cl)c(OCCCCCCl)c1. The normalized spacial score (nSPS) is 10.3. The smallest absolute Gasteiger partial charge is 0.138 e. The van der Waals surface area contributed by atoms with Gasteiger partial charge >= 0.3 is 0 Å². The lowest BCUT2D eigenvalue weighted by Gasteiger charge is -2.08. The first-order chi connectivity index (χ1) is 7.24. The second kappa shape index (κ2) is 6.97. The summed E-state index contributed by atoms with van der Waals surface area (Å²) in [5, 5.41) is 0.679. The van der Waals surface area contributed by atoms with Crippen molar-refractivity contribution < 1.29 is 4.74 Å². The van der Waals surface area contributed by atoms with Gasteiger partial charge in [0.05, 0.1) is 11.6 Å². The molecule has 15 heavy (non-hydrogen) atoms. The van der Waals surface area contributed by atoms with E-state index in [1.807, 2.05) is 25.1 Å². The Balaban J connectivity index is 2.33. The molecule has 0 fully saturated rings. The maximum absolute atomic E-state index is 5.99. The zero-order valence-electron chi connectivity index (χ0n) is 8.93. The molecule has 0 atom stereocenters. The van der Waals surface area contributed by atoms with E-state index >= 15 is 0 Å². The van der Waals surface area contributed by atoms with E-state index in [9.17, 15) is 0 Å². The minimum atomic E-state index is 0.679. The van der Waals surface area contributed by atoms with Crippen LogP contribution in [-0.4, -0.2) is 12.5 Å². The highest BCUT2D eigenvalue weighted by molar-refractivity contribution is 6.32. The van der Waals surface area contributed by atoms with Crippen LogP contribution in [0, 0.1) is 6.92 Å². The van der Waals surface area contributed by atoms with Crippen LogP contribution >= 0.6 is 23.2 Å². The highest BCUT2D eigenvalue weighted by Crippen LogP contribution is 2.25. The van der Waals surface area contributed by atoms with Gasteiger partial charge in [0.25, 0.3) is 0 Å². The molecule has 0 aliphatic rings. The zero-order valence-corrected chi connectivity index (χ0v) is 10.4. The summed E-state index contributed by atoms with van der Waals surface area (Å²) in [5.74, 6) is 1.51.